The summed E-state index contributed by atoms with van der Waals surface area (Å²) in [7, 11) is 2.02. The van der Waals surface area contributed by atoms with Gasteiger partial charge in [0.05, 0.1) is 31.6 Å². The van der Waals surface area contributed by atoms with Gasteiger partial charge in [0.2, 0.25) is 0 Å². The SMILES string of the molecule is Brc1ccc2c(c1)[C@@H]1[C@H](CO2)[C@H]1c1cnc[nH]1.Cn1cnc([C@@H]2[C@H]3COc4ccc(Br)cc4[C@H]32)c1. The summed E-state index contributed by atoms with van der Waals surface area (Å²) in [5, 5.41) is 0. The van der Waals surface area contributed by atoms with Crippen molar-refractivity contribution in [3.05, 3.63) is 92.9 Å². The first-order valence-electron chi connectivity index (χ1n) is 11.9. The van der Waals surface area contributed by atoms with Gasteiger partial charge in [-0.3, -0.25) is 0 Å². The molecular formula is C27H24Br2N4O2. The summed E-state index contributed by atoms with van der Waals surface area (Å²) in [6, 6.07) is 12.6. The average Bonchev–Trinajstić information content (AvgIpc) is 3.63. The molecule has 2 aromatic heterocycles. The highest BCUT2D eigenvalue weighted by molar-refractivity contribution is 9.10. The van der Waals surface area contributed by atoms with E-state index in [9.17, 15) is 0 Å². The number of halogens is 2. The van der Waals surface area contributed by atoms with Gasteiger partial charge in [0.15, 0.2) is 0 Å². The van der Waals surface area contributed by atoms with Gasteiger partial charge in [-0.1, -0.05) is 31.9 Å². The molecule has 0 unspecified atom stereocenters. The minimum Gasteiger partial charge on any atom is -0.493 e. The number of hydrogen-bond donors (Lipinski definition) is 1. The van der Waals surface area contributed by atoms with Gasteiger partial charge in [0.25, 0.3) is 0 Å². The predicted octanol–water partition coefficient (Wildman–Crippen LogP) is 6.13. The molecule has 0 saturated heterocycles. The number of H-pyrrole nitrogens is 1. The lowest BCUT2D eigenvalue weighted by Gasteiger charge is -2.16. The molecule has 0 spiro atoms. The fourth-order valence-corrected chi connectivity index (χ4v) is 6.84. The third-order valence-electron chi connectivity index (χ3n) is 7.81. The molecule has 2 aliphatic heterocycles. The molecule has 0 radical (unpaired) electrons. The lowest BCUT2D eigenvalue weighted by Crippen LogP contribution is -2.08. The quantitative estimate of drug-likeness (QED) is 0.303. The summed E-state index contributed by atoms with van der Waals surface area (Å²) in [5.74, 6) is 5.54. The third kappa shape index (κ3) is 3.73. The first-order chi connectivity index (χ1) is 17.1. The molecular weight excluding hydrogens is 572 g/mol. The molecule has 4 heterocycles. The number of hydrogen-bond acceptors (Lipinski definition) is 4. The van der Waals surface area contributed by atoms with E-state index in [0.717, 1.165) is 33.7 Å². The van der Waals surface area contributed by atoms with Gasteiger partial charge >= 0.3 is 0 Å². The van der Waals surface area contributed by atoms with Crippen LogP contribution in [0.3, 0.4) is 0 Å². The average molecular weight is 596 g/mol. The molecule has 178 valence electrons. The van der Waals surface area contributed by atoms with E-state index in [0.29, 0.717) is 35.5 Å². The molecule has 6 atom stereocenters. The number of nitrogens with one attached hydrogen (secondary N) is 1. The van der Waals surface area contributed by atoms with E-state index in [1.807, 2.05) is 36.3 Å². The van der Waals surface area contributed by atoms with Gasteiger partial charge in [-0.05, 0) is 47.5 Å². The van der Waals surface area contributed by atoms with Gasteiger partial charge in [-0.2, -0.15) is 0 Å². The maximum Gasteiger partial charge on any atom is 0.122 e. The Kier molecular flexibility index (Phi) is 5.10. The molecule has 1 N–H and O–H groups in total. The Morgan fingerprint density at radius 2 is 1.51 bits per heavy atom. The minimum absolute atomic E-state index is 0.529. The molecule has 8 heteroatoms. The van der Waals surface area contributed by atoms with Crippen molar-refractivity contribution in [2.75, 3.05) is 13.2 Å². The van der Waals surface area contributed by atoms with E-state index >= 15 is 0 Å². The van der Waals surface area contributed by atoms with Crippen LogP contribution >= 0.6 is 31.9 Å². The molecule has 8 rings (SSSR count). The first kappa shape index (κ1) is 21.7. The lowest BCUT2D eigenvalue weighted by atomic mass is 10.1. The van der Waals surface area contributed by atoms with Crippen LogP contribution in [-0.4, -0.2) is 32.7 Å². The summed E-state index contributed by atoms with van der Waals surface area (Å²) >= 11 is 7.07. The van der Waals surface area contributed by atoms with Crippen molar-refractivity contribution in [3.8, 4) is 11.5 Å². The Morgan fingerprint density at radius 1 is 0.886 bits per heavy atom. The van der Waals surface area contributed by atoms with Gasteiger partial charge in [0, 0.05) is 69.6 Å². The van der Waals surface area contributed by atoms with Gasteiger partial charge in [-0.25, -0.2) is 9.97 Å². The predicted molar refractivity (Wildman–Crippen MR) is 139 cm³/mol. The van der Waals surface area contributed by atoms with Gasteiger partial charge in [0.1, 0.15) is 11.5 Å². The zero-order valence-corrected chi connectivity index (χ0v) is 22.2. The summed E-state index contributed by atoms with van der Waals surface area (Å²) in [6.45, 7) is 1.64. The Morgan fingerprint density at radius 3 is 2.09 bits per heavy atom. The Bertz CT molecular complexity index is 1400. The van der Waals surface area contributed by atoms with Crippen LogP contribution in [0.25, 0.3) is 0 Å². The van der Waals surface area contributed by atoms with Crippen molar-refractivity contribution < 1.29 is 9.47 Å². The van der Waals surface area contributed by atoms with Crippen LogP contribution in [0, 0.1) is 11.8 Å². The highest BCUT2D eigenvalue weighted by atomic mass is 79.9. The Balaban J connectivity index is 0.000000120. The van der Waals surface area contributed by atoms with Gasteiger partial charge < -0.3 is 19.0 Å². The number of imidazole rings is 2. The molecule has 0 bridgehead atoms. The monoisotopic (exact) mass is 594 g/mol. The maximum atomic E-state index is 5.84. The highest BCUT2D eigenvalue weighted by Crippen LogP contribution is 2.65. The first-order valence-corrected chi connectivity index (χ1v) is 13.5. The van der Waals surface area contributed by atoms with Crippen molar-refractivity contribution >= 4 is 31.9 Å². The van der Waals surface area contributed by atoms with E-state index in [1.165, 1.54) is 22.5 Å². The number of aromatic amines is 1. The van der Waals surface area contributed by atoms with Crippen molar-refractivity contribution in [3.63, 3.8) is 0 Å². The third-order valence-corrected chi connectivity index (χ3v) is 8.79. The fourth-order valence-electron chi connectivity index (χ4n) is 6.09. The highest BCUT2D eigenvalue weighted by Gasteiger charge is 2.57. The molecule has 2 aliphatic carbocycles. The molecule has 6 nitrogen and oxygen atoms in total. The number of aromatic nitrogens is 4. The van der Waals surface area contributed by atoms with Crippen LogP contribution in [0.15, 0.2) is 70.4 Å². The summed E-state index contributed by atoms with van der Waals surface area (Å²) < 4.78 is 15.9. The van der Waals surface area contributed by atoms with E-state index < -0.39 is 0 Å². The molecule has 4 aromatic rings. The zero-order valence-electron chi connectivity index (χ0n) is 19.1. The standard InChI is InChI=1S/C14H13BrN2O.C13H11BrN2O/c1-17-5-11(16-7-17)14-10-6-18-12-3-2-8(15)4-9(12)13(10)14;14-7-1-2-11-8(3-7)12-9(5-17-11)13(12)10-4-15-6-16-10/h2-5,7,10,13-14H,6H2,1H3;1-4,6,9,12-13H,5H2,(H,15,16)/t10-,13+,14-;9-,12+,13-/m00/s1. The fraction of sp³-hybridized carbons (Fsp3) is 0.333. The smallest absolute Gasteiger partial charge is 0.122 e. The molecule has 2 saturated carbocycles. The minimum atomic E-state index is 0.529. The Hall–Kier alpha value is -2.58. The van der Waals surface area contributed by atoms with E-state index in [4.69, 9.17) is 9.47 Å². The van der Waals surface area contributed by atoms with E-state index in [1.54, 1.807) is 6.33 Å². The molecule has 35 heavy (non-hydrogen) atoms. The van der Waals surface area contributed by atoms with Crippen molar-refractivity contribution in [1.29, 1.82) is 0 Å². The number of ether oxygens (including phenoxy) is 2. The number of nitrogens with zero attached hydrogens (tertiary/aromatic N) is 3. The largest absolute Gasteiger partial charge is 0.493 e. The topological polar surface area (TPSA) is 65.0 Å². The van der Waals surface area contributed by atoms with Crippen LogP contribution in [0.4, 0.5) is 0 Å². The second kappa shape index (κ2) is 8.23. The van der Waals surface area contributed by atoms with Crippen LogP contribution in [0.2, 0.25) is 0 Å². The summed E-state index contributed by atoms with van der Waals surface area (Å²) in [4.78, 5) is 11.8. The van der Waals surface area contributed by atoms with Crippen molar-refractivity contribution in [2.24, 2.45) is 18.9 Å². The van der Waals surface area contributed by atoms with Crippen LogP contribution in [0.1, 0.15) is 46.2 Å². The summed E-state index contributed by atoms with van der Waals surface area (Å²) in [6.07, 6.45) is 7.69. The lowest BCUT2D eigenvalue weighted by molar-refractivity contribution is 0.277. The van der Waals surface area contributed by atoms with Crippen LogP contribution < -0.4 is 9.47 Å². The van der Waals surface area contributed by atoms with Crippen molar-refractivity contribution in [2.45, 2.75) is 23.7 Å². The van der Waals surface area contributed by atoms with Crippen LogP contribution in [-0.2, 0) is 7.05 Å². The van der Waals surface area contributed by atoms with E-state index in [2.05, 4.69) is 77.3 Å². The Labute approximate surface area is 220 Å². The normalized spacial score (nSPS) is 28.7. The zero-order chi connectivity index (χ0) is 23.7. The van der Waals surface area contributed by atoms with Crippen molar-refractivity contribution in [1.82, 2.24) is 19.5 Å². The molecule has 2 fully saturated rings. The number of aryl methyl sites for hydroxylation is 1. The summed E-state index contributed by atoms with van der Waals surface area (Å²) in [5.41, 5.74) is 5.09. The van der Waals surface area contributed by atoms with E-state index in [-0.39, 0.29) is 0 Å². The van der Waals surface area contributed by atoms with Crippen LogP contribution in [0.5, 0.6) is 11.5 Å². The second-order valence-corrected chi connectivity index (χ2v) is 11.7. The number of rotatable bonds is 2. The number of benzene rings is 2. The van der Waals surface area contributed by atoms with Gasteiger partial charge in [-0.15, -0.1) is 0 Å². The molecule has 2 aromatic carbocycles. The molecule has 0 amide bonds. The second-order valence-electron chi connectivity index (χ2n) is 9.89. The number of fused-ring (bicyclic) bond motifs is 6. The maximum absolute atomic E-state index is 5.84. The molecule has 4 aliphatic rings.